The van der Waals surface area contributed by atoms with Crippen LogP contribution in [0.3, 0.4) is 0 Å². The molecule has 1 aliphatic carbocycles. The normalized spacial score (nSPS) is 16.7. The van der Waals surface area contributed by atoms with Gasteiger partial charge in [0.05, 0.1) is 0 Å². The average Bonchev–Trinajstić information content (AvgIpc) is 3.66. The SMILES string of the molecule is O=C(C1CC1)N1CCC(Oc2ccc(-c3cccc(Oc4ccccc4)c3)cc2)CC1. The van der Waals surface area contributed by atoms with Crippen LogP contribution in [0.1, 0.15) is 25.7 Å². The van der Waals surface area contributed by atoms with Crippen molar-refractivity contribution >= 4 is 5.91 Å². The van der Waals surface area contributed by atoms with Crippen LogP contribution in [-0.4, -0.2) is 30.0 Å². The first kappa shape index (κ1) is 19.7. The predicted octanol–water partition coefficient (Wildman–Crippen LogP) is 5.93. The lowest BCUT2D eigenvalue weighted by molar-refractivity contribution is -0.134. The topological polar surface area (TPSA) is 38.8 Å². The summed E-state index contributed by atoms with van der Waals surface area (Å²) in [5.41, 5.74) is 2.22. The molecule has 158 valence electrons. The quantitative estimate of drug-likeness (QED) is 0.503. The monoisotopic (exact) mass is 413 g/mol. The van der Waals surface area contributed by atoms with E-state index in [1.54, 1.807) is 0 Å². The number of rotatable bonds is 6. The molecule has 4 nitrogen and oxygen atoms in total. The molecule has 4 heteroatoms. The molecule has 1 aliphatic heterocycles. The van der Waals surface area contributed by atoms with E-state index in [0.717, 1.165) is 67.1 Å². The van der Waals surface area contributed by atoms with Crippen molar-refractivity contribution in [2.75, 3.05) is 13.1 Å². The Morgan fingerprint density at radius 2 is 1.42 bits per heavy atom. The second kappa shape index (κ2) is 8.84. The van der Waals surface area contributed by atoms with Gasteiger partial charge in [-0.05, 0) is 60.4 Å². The Hall–Kier alpha value is -3.27. The molecule has 0 unspecified atom stereocenters. The third kappa shape index (κ3) is 4.91. The fourth-order valence-corrected chi connectivity index (χ4v) is 4.06. The number of ether oxygens (including phenoxy) is 2. The second-order valence-electron chi connectivity index (χ2n) is 8.38. The van der Waals surface area contributed by atoms with Crippen molar-refractivity contribution in [1.29, 1.82) is 0 Å². The summed E-state index contributed by atoms with van der Waals surface area (Å²) in [7, 11) is 0. The van der Waals surface area contributed by atoms with E-state index in [2.05, 4.69) is 24.3 Å². The zero-order valence-corrected chi connectivity index (χ0v) is 17.6. The molecule has 2 aliphatic rings. The molecule has 0 atom stereocenters. The number of hydrogen-bond donors (Lipinski definition) is 0. The summed E-state index contributed by atoms with van der Waals surface area (Å²) in [4.78, 5) is 14.2. The van der Waals surface area contributed by atoms with Crippen molar-refractivity contribution in [1.82, 2.24) is 4.90 Å². The van der Waals surface area contributed by atoms with Gasteiger partial charge in [-0.25, -0.2) is 0 Å². The number of benzene rings is 3. The van der Waals surface area contributed by atoms with Gasteiger partial charge in [0.15, 0.2) is 0 Å². The summed E-state index contributed by atoms with van der Waals surface area (Å²) < 4.78 is 12.1. The van der Waals surface area contributed by atoms with E-state index in [1.807, 2.05) is 59.5 Å². The van der Waals surface area contributed by atoms with E-state index < -0.39 is 0 Å². The zero-order chi connectivity index (χ0) is 21.0. The zero-order valence-electron chi connectivity index (χ0n) is 17.6. The molecule has 0 N–H and O–H groups in total. The molecule has 0 aromatic heterocycles. The minimum atomic E-state index is 0.178. The van der Waals surface area contributed by atoms with Crippen molar-refractivity contribution < 1.29 is 14.3 Å². The van der Waals surface area contributed by atoms with Gasteiger partial charge in [-0.2, -0.15) is 0 Å². The van der Waals surface area contributed by atoms with E-state index in [-0.39, 0.29) is 6.10 Å². The molecule has 0 bridgehead atoms. The highest BCUT2D eigenvalue weighted by Gasteiger charge is 2.35. The smallest absolute Gasteiger partial charge is 0.225 e. The first-order valence-corrected chi connectivity index (χ1v) is 11.1. The van der Waals surface area contributed by atoms with Crippen molar-refractivity contribution in [2.24, 2.45) is 5.92 Å². The van der Waals surface area contributed by atoms with Crippen LogP contribution in [0, 0.1) is 5.92 Å². The Bertz CT molecular complexity index is 1020. The van der Waals surface area contributed by atoms with Crippen LogP contribution in [0.2, 0.25) is 0 Å². The summed E-state index contributed by atoms with van der Waals surface area (Å²) >= 11 is 0. The Balaban J connectivity index is 1.18. The highest BCUT2D eigenvalue weighted by molar-refractivity contribution is 5.81. The maximum Gasteiger partial charge on any atom is 0.225 e. The van der Waals surface area contributed by atoms with Crippen LogP contribution in [-0.2, 0) is 4.79 Å². The van der Waals surface area contributed by atoms with Gasteiger partial charge in [0.1, 0.15) is 23.4 Å². The van der Waals surface area contributed by atoms with Crippen LogP contribution in [0.5, 0.6) is 17.2 Å². The van der Waals surface area contributed by atoms with Crippen molar-refractivity contribution in [3.05, 3.63) is 78.9 Å². The Morgan fingerprint density at radius 3 is 2.13 bits per heavy atom. The third-order valence-electron chi connectivity index (χ3n) is 5.98. The highest BCUT2D eigenvalue weighted by atomic mass is 16.5. The average molecular weight is 414 g/mol. The van der Waals surface area contributed by atoms with Gasteiger partial charge < -0.3 is 14.4 Å². The van der Waals surface area contributed by atoms with Crippen molar-refractivity contribution in [2.45, 2.75) is 31.8 Å². The first-order chi connectivity index (χ1) is 15.2. The minimum absolute atomic E-state index is 0.178. The molecule has 5 rings (SSSR count). The largest absolute Gasteiger partial charge is 0.490 e. The lowest BCUT2D eigenvalue weighted by Gasteiger charge is -2.32. The Labute approximate surface area is 183 Å². The van der Waals surface area contributed by atoms with Gasteiger partial charge in [0.25, 0.3) is 0 Å². The van der Waals surface area contributed by atoms with E-state index in [0.29, 0.717) is 11.8 Å². The summed E-state index contributed by atoms with van der Waals surface area (Å²) in [6.45, 7) is 1.62. The summed E-state index contributed by atoms with van der Waals surface area (Å²) in [6.07, 6.45) is 4.13. The lowest BCUT2D eigenvalue weighted by Crippen LogP contribution is -2.42. The molecular weight excluding hydrogens is 386 g/mol. The van der Waals surface area contributed by atoms with Crippen LogP contribution >= 0.6 is 0 Å². The number of carbonyl (C=O) groups excluding carboxylic acids is 1. The summed E-state index contributed by atoms with van der Waals surface area (Å²) in [5.74, 6) is 3.18. The lowest BCUT2D eigenvalue weighted by atomic mass is 10.0. The summed E-state index contributed by atoms with van der Waals surface area (Å²) in [6, 6.07) is 26.1. The van der Waals surface area contributed by atoms with Gasteiger partial charge in [-0.15, -0.1) is 0 Å². The highest BCUT2D eigenvalue weighted by Crippen LogP contribution is 2.33. The van der Waals surface area contributed by atoms with Crippen molar-refractivity contribution in [3.63, 3.8) is 0 Å². The van der Waals surface area contributed by atoms with Crippen molar-refractivity contribution in [3.8, 4) is 28.4 Å². The molecule has 3 aromatic rings. The Morgan fingerprint density at radius 1 is 0.710 bits per heavy atom. The van der Waals surface area contributed by atoms with E-state index in [4.69, 9.17) is 9.47 Å². The molecule has 1 saturated carbocycles. The van der Waals surface area contributed by atoms with Gasteiger partial charge in [0, 0.05) is 31.8 Å². The number of piperidine rings is 1. The molecule has 31 heavy (non-hydrogen) atoms. The van der Waals surface area contributed by atoms with Crippen LogP contribution < -0.4 is 9.47 Å². The molecule has 3 aromatic carbocycles. The maximum atomic E-state index is 12.2. The van der Waals surface area contributed by atoms with Crippen LogP contribution in [0.15, 0.2) is 78.9 Å². The fourth-order valence-electron chi connectivity index (χ4n) is 4.06. The molecule has 1 amide bonds. The second-order valence-corrected chi connectivity index (χ2v) is 8.38. The third-order valence-corrected chi connectivity index (χ3v) is 5.98. The number of hydrogen-bond acceptors (Lipinski definition) is 3. The first-order valence-electron chi connectivity index (χ1n) is 11.1. The number of para-hydroxylation sites is 1. The molecule has 2 fully saturated rings. The van der Waals surface area contributed by atoms with Crippen LogP contribution in [0.4, 0.5) is 0 Å². The minimum Gasteiger partial charge on any atom is -0.490 e. The van der Waals surface area contributed by atoms with E-state index >= 15 is 0 Å². The van der Waals surface area contributed by atoms with Gasteiger partial charge in [-0.3, -0.25) is 4.79 Å². The van der Waals surface area contributed by atoms with E-state index in [1.165, 1.54) is 0 Å². The van der Waals surface area contributed by atoms with Gasteiger partial charge >= 0.3 is 0 Å². The number of likely N-dealkylation sites (tertiary alicyclic amines) is 1. The maximum absolute atomic E-state index is 12.2. The van der Waals surface area contributed by atoms with E-state index in [9.17, 15) is 4.79 Å². The molecule has 0 spiro atoms. The standard InChI is InChI=1S/C27H27NO3/c29-27(21-9-10-21)28-17-15-25(16-18-28)30-24-13-11-20(12-14-24)22-5-4-8-26(19-22)31-23-6-2-1-3-7-23/h1-8,11-14,19,21,25H,9-10,15-18H2. The number of carbonyl (C=O) groups is 1. The number of nitrogens with zero attached hydrogens (tertiary/aromatic N) is 1. The molecule has 1 saturated heterocycles. The molecule has 1 heterocycles. The fraction of sp³-hybridized carbons (Fsp3) is 0.296. The Kier molecular flexibility index (Phi) is 5.61. The van der Waals surface area contributed by atoms with Gasteiger partial charge in [-0.1, -0.05) is 42.5 Å². The van der Waals surface area contributed by atoms with Gasteiger partial charge in [0.2, 0.25) is 5.91 Å². The molecular formula is C27H27NO3. The summed E-state index contributed by atoms with van der Waals surface area (Å²) in [5, 5.41) is 0. The predicted molar refractivity (Wildman–Crippen MR) is 121 cm³/mol. The number of amides is 1. The van der Waals surface area contributed by atoms with Crippen LogP contribution in [0.25, 0.3) is 11.1 Å². The molecule has 0 radical (unpaired) electrons.